The van der Waals surface area contributed by atoms with Gasteiger partial charge in [0, 0.05) is 31.2 Å². The highest BCUT2D eigenvalue weighted by Gasteiger charge is 2.25. The Morgan fingerprint density at radius 1 is 1.15 bits per heavy atom. The Hall–Kier alpha value is -3.35. The van der Waals surface area contributed by atoms with Crippen LogP contribution >= 0.6 is 0 Å². The summed E-state index contributed by atoms with van der Waals surface area (Å²) in [5.41, 5.74) is 4.14. The molecule has 33 heavy (non-hydrogen) atoms. The Morgan fingerprint density at radius 2 is 2.00 bits per heavy atom. The number of carbonyl (C=O) groups is 1. The van der Waals surface area contributed by atoms with E-state index in [1.807, 2.05) is 30.3 Å². The first-order chi connectivity index (χ1) is 16.1. The lowest BCUT2D eigenvalue weighted by Gasteiger charge is -2.24. The molecule has 0 radical (unpaired) electrons. The third kappa shape index (κ3) is 5.92. The smallest absolute Gasteiger partial charge is 0.227 e. The predicted molar refractivity (Wildman–Crippen MR) is 134 cm³/mol. The molecule has 4 rings (SSSR count). The van der Waals surface area contributed by atoms with Crippen LogP contribution in [0, 0.1) is 12.8 Å². The van der Waals surface area contributed by atoms with Crippen LogP contribution < -0.4 is 16.0 Å². The maximum Gasteiger partial charge on any atom is 0.227 e. The van der Waals surface area contributed by atoms with Gasteiger partial charge in [0.2, 0.25) is 5.91 Å². The Kier molecular flexibility index (Phi) is 7.60. The van der Waals surface area contributed by atoms with Crippen LogP contribution in [0.2, 0.25) is 0 Å². The molecule has 2 aromatic carbocycles. The van der Waals surface area contributed by atoms with E-state index < -0.39 is 0 Å². The second-order valence-electron chi connectivity index (χ2n) is 8.59. The molecule has 7 heteroatoms. The van der Waals surface area contributed by atoms with Crippen LogP contribution in [-0.4, -0.2) is 34.5 Å². The fourth-order valence-electron chi connectivity index (χ4n) is 4.10. The number of aliphatic imine (C=N–C) groups is 1. The summed E-state index contributed by atoms with van der Waals surface area (Å²) >= 11 is 0. The van der Waals surface area contributed by atoms with Gasteiger partial charge in [0.25, 0.3) is 0 Å². The van der Waals surface area contributed by atoms with Crippen molar-refractivity contribution in [3.8, 4) is 0 Å². The minimum Gasteiger partial charge on any atom is -0.357 e. The third-order valence-corrected chi connectivity index (χ3v) is 6.13. The molecular weight excluding hydrogens is 412 g/mol. The zero-order chi connectivity index (χ0) is 23.0. The number of aryl methyl sites for hydroxylation is 2. The number of hydrogen-bond acceptors (Lipinski definition) is 3. The topological polar surface area (TPSA) is 83.3 Å². The van der Waals surface area contributed by atoms with Gasteiger partial charge in [0.15, 0.2) is 5.96 Å². The van der Waals surface area contributed by atoms with Crippen LogP contribution in [0.15, 0.2) is 53.5 Å². The monoisotopic (exact) mass is 446 g/mol. The van der Waals surface area contributed by atoms with E-state index in [9.17, 15) is 4.79 Å². The average Bonchev–Trinajstić information content (AvgIpc) is 3.09. The van der Waals surface area contributed by atoms with Crippen molar-refractivity contribution in [2.75, 3.05) is 18.4 Å². The number of amides is 1. The summed E-state index contributed by atoms with van der Waals surface area (Å²) in [6, 6.07) is 16.2. The second kappa shape index (κ2) is 11.0. The number of guanidine groups is 1. The van der Waals surface area contributed by atoms with Crippen LogP contribution in [0.25, 0.3) is 11.0 Å². The highest BCUT2D eigenvalue weighted by atomic mass is 16.1. The van der Waals surface area contributed by atoms with Gasteiger partial charge in [-0.2, -0.15) is 0 Å². The summed E-state index contributed by atoms with van der Waals surface area (Å²) < 4.78 is 2.27. The number of aromatic nitrogens is 2. The minimum atomic E-state index is 0.137. The molecule has 0 atom stereocenters. The number of hydrogen-bond donors (Lipinski definition) is 3. The highest BCUT2D eigenvalue weighted by Crippen LogP contribution is 2.27. The molecule has 0 unspecified atom stereocenters. The van der Waals surface area contributed by atoms with Crippen LogP contribution in [0.4, 0.5) is 5.69 Å². The van der Waals surface area contributed by atoms with Gasteiger partial charge in [-0.25, -0.2) is 9.98 Å². The van der Waals surface area contributed by atoms with Gasteiger partial charge in [-0.15, -0.1) is 0 Å². The van der Waals surface area contributed by atoms with E-state index in [1.54, 1.807) is 0 Å². The van der Waals surface area contributed by atoms with Gasteiger partial charge < -0.3 is 20.5 Å². The molecule has 0 bridgehead atoms. The minimum absolute atomic E-state index is 0.137. The van der Waals surface area contributed by atoms with Crippen molar-refractivity contribution in [2.45, 2.75) is 52.6 Å². The van der Waals surface area contributed by atoms with Crippen molar-refractivity contribution in [3.63, 3.8) is 0 Å². The Balaban J connectivity index is 1.29. The molecule has 174 valence electrons. The summed E-state index contributed by atoms with van der Waals surface area (Å²) in [6.45, 7) is 7.19. The number of nitrogens with zero attached hydrogens (tertiary/aromatic N) is 3. The van der Waals surface area contributed by atoms with Gasteiger partial charge in [0.05, 0.1) is 17.6 Å². The van der Waals surface area contributed by atoms with Crippen molar-refractivity contribution < 1.29 is 4.79 Å². The Bertz CT molecular complexity index is 1110. The van der Waals surface area contributed by atoms with Crippen molar-refractivity contribution in [1.29, 1.82) is 0 Å². The van der Waals surface area contributed by atoms with Crippen molar-refractivity contribution in [3.05, 3.63) is 59.9 Å². The van der Waals surface area contributed by atoms with Gasteiger partial charge in [0.1, 0.15) is 5.82 Å². The summed E-state index contributed by atoms with van der Waals surface area (Å²) in [5, 5.41) is 9.79. The lowest BCUT2D eigenvalue weighted by Crippen LogP contribution is -2.38. The number of rotatable bonds is 9. The Labute approximate surface area is 195 Å². The molecule has 1 aliphatic rings. The molecular formula is C26H34N6O. The van der Waals surface area contributed by atoms with E-state index >= 15 is 0 Å². The van der Waals surface area contributed by atoms with E-state index in [-0.39, 0.29) is 11.8 Å². The van der Waals surface area contributed by atoms with Crippen molar-refractivity contribution in [2.24, 2.45) is 10.9 Å². The number of carbonyl (C=O) groups excluding carboxylic acids is 1. The van der Waals surface area contributed by atoms with Crippen molar-refractivity contribution in [1.82, 2.24) is 20.2 Å². The number of fused-ring (bicyclic) bond motifs is 1. The molecule has 1 saturated carbocycles. The molecule has 3 N–H and O–H groups in total. The fourth-order valence-corrected chi connectivity index (χ4v) is 4.10. The number of para-hydroxylation sites is 2. The lowest BCUT2D eigenvalue weighted by molar-refractivity contribution is -0.122. The zero-order valence-electron chi connectivity index (χ0n) is 19.6. The predicted octanol–water partition coefficient (Wildman–Crippen LogP) is 4.23. The largest absolute Gasteiger partial charge is 0.357 e. The zero-order valence-corrected chi connectivity index (χ0v) is 19.6. The SMILES string of the molecule is CCNC(=NCc1cccc(NC(=O)C2CCC2)c1)NCCCn1c(C)nc2ccccc21. The van der Waals surface area contributed by atoms with E-state index in [4.69, 9.17) is 4.99 Å². The lowest BCUT2D eigenvalue weighted by atomic mass is 9.85. The normalized spacial score (nSPS) is 14.2. The molecule has 7 nitrogen and oxygen atoms in total. The molecule has 0 spiro atoms. The van der Waals surface area contributed by atoms with Gasteiger partial charge in [-0.05, 0) is 62.9 Å². The summed E-state index contributed by atoms with van der Waals surface area (Å²) in [7, 11) is 0. The van der Waals surface area contributed by atoms with Crippen LogP contribution in [0.3, 0.4) is 0 Å². The summed E-state index contributed by atoms with van der Waals surface area (Å²) in [5.74, 6) is 2.16. The van der Waals surface area contributed by atoms with E-state index in [0.717, 1.165) is 73.9 Å². The van der Waals surface area contributed by atoms with Crippen LogP contribution in [0.5, 0.6) is 0 Å². The van der Waals surface area contributed by atoms with Gasteiger partial charge in [-0.3, -0.25) is 4.79 Å². The molecule has 0 saturated heterocycles. The van der Waals surface area contributed by atoms with E-state index in [1.165, 1.54) is 5.52 Å². The number of anilines is 1. The van der Waals surface area contributed by atoms with E-state index in [0.29, 0.717) is 6.54 Å². The van der Waals surface area contributed by atoms with Gasteiger partial charge >= 0.3 is 0 Å². The molecule has 0 aliphatic heterocycles. The molecule has 1 aliphatic carbocycles. The molecule has 1 aromatic heterocycles. The molecule has 1 fully saturated rings. The first kappa shape index (κ1) is 22.8. The standard InChI is InChI=1S/C26H34N6O/c1-3-27-26(28-15-8-16-32-19(2)30-23-13-4-5-14-24(23)32)29-18-20-9-6-12-22(17-20)31-25(33)21-10-7-11-21/h4-6,9,12-14,17,21H,3,7-8,10-11,15-16,18H2,1-2H3,(H,31,33)(H2,27,28,29). The third-order valence-electron chi connectivity index (χ3n) is 6.13. The fraction of sp³-hybridized carbons (Fsp3) is 0.423. The van der Waals surface area contributed by atoms with Crippen molar-refractivity contribution >= 4 is 28.6 Å². The van der Waals surface area contributed by atoms with Gasteiger partial charge in [-0.1, -0.05) is 30.7 Å². The quantitative estimate of drug-likeness (QED) is 0.261. The van der Waals surface area contributed by atoms with Crippen LogP contribution in [-0.2, 0) is 17.9 Å². The first-order valence-corrected chi connectivity index (χ1v) is 12.0. The number of benzene rings is 2. The Morgan fingerprint density at radius 3 is 2.79 bits per heavy atom. The highest BCUT2D eigenvalue weighted by molar-refractivity contribution is 5.93. The summed E-state index contributed by atoms with van der Waals surface area (Å²) in [4.78, 5) is 21.6. The molecule has 1 heterocycles. The maximum absolute atomic E-state index is 12.2. The second-order valence-corrected chi connectivity index (χ2v) is 8.59. The summed E-state index contributed by atoms with van der Waals surface area (Å²) in [6.07, 6.45) is 4.13. The maximum atomic E-state index is 12.2. The molecule has 1 amide bonds. The van der Waals surface area contributed by atoms with Crippen LogP contribution in [0.1, 0.15) is 44.0 Å². The first-order valence-electron chi connectivity index (χ1n) is 12.0. The average molecular weight is 447 g/mol. The number of imidazole rings is 1. The number of nitrogens with one attached hydrogen (secondary N) is 3. The molecule has 3 aromatic rings. The van der Waals surface area contributed by atoms with E-state index in [2.05, 4.69) is 57.5 Å².